The van der Waals surface area contributed by atoms with Crippen molar-refractivity contribution in [3.05, 3.63) is 58.6 Å². The number of ether oxygens (including phenoxy) is 1. The van der Waals surface area contributed by atoms with Gasteiger partial charge in [-0.05, 0) is 48.7 Å². The molecule has 1 aliphatic rings. The zero-order valence-electron chi connectivity index (χ0n) is 14.9. The number of hydrogen-bond donors (Lipinski definition) is 2. The Balaban J connectivity index is 1.67. The fraction of sp³-hybridized carbons (Fsp3) is 0.350. The minimum absolute atomic E-state index is 0.287. The van der Waals surface area contributed by atoms with Gasteiger partial charge in [-0.1, -0.05) is 29.8 Å². The molecule has 1 amide bonds. The average molecular weight is 375 g/mol. The lowest BCUT2D eigenvalue weighted by Crippen LogP contribution is -2.48. The van der Waals surface area contributed by atoms with E-state index in [0.29, 0.717) is 23.9 Å². The van der Waals surface area contributed by atoms with E-state index < -0.39 is 12.1 Å². The Hall–Kier alpha value is -2.24. The number of aliphatic hydroxyl groups excluding tert-OH is 1. The minimum Gasteiger partial charge on any atom is -0.495 e. The molecule has 2 atom stereocenters. The number of para-hydroxylation sites is 2. The highest BCUT2D eigenvalue weighted by Gasteiger charge is 2.30. The third-order valence-electron chi connectivity index (χ3n) is 4.71. The molecule has 6 heteroatoms. The summed E-state index contributed by atoms with van der Waals surface area (Å²) in [5, 5.41) is 14.4. The molecule has 0 bridgehead atoms. The summed E-state index contributed by atoms with van der Waals surface area (Å²) in [6.07, 6.45) is -0.389. The maximum atomic E-state index is 12.8. The molecule has 1 heterocycles. The van der Waals surface area contributed by atoms with Crippen LogP contribution in [-0.4, -0.2) is 41.7 Å². The first-order chi connectivity index (χ1) is 12.5. The second-order valence-corrected chi connectivity index (χ2v) is 6.94. The molecular weight excluding hydrogens is 352 g/mol. The van der Waals surface area contributed by atoms with Gasteiger partial charge in [0.25, 0.3) is 5.91 Å². The second kappa shape index (κ2) is 7.98. The lowest BCUT2D eigenvalue weighted by molar-refractivity contribution is -0.141. The summed E-state index contributed by atoms with van der Waals surface area (Å²) in [6.45, 7) is 2.84. The van der Waals surface area contributed by atoms with Gasteiger partial charge in [-0.2, -0.15) is 0 Å². The Bertz CT molecular complexity index is 796. The van der Waals surface area contributed by atoms with Crippen LogP contribution in [0.15, 0.2) is 42.5 Å². The summed E-state index contributed by atoms with van der Waals surface area (Å²) in [7, 11) is 1.59. The summed E-state index contributed by atoms with van der Waals surface area (Å²) < 4.78 is 5.30. The van der Waals surface area contributed by atoms with Crippen LogP contribution in [0.25, 0.3) is 0 Å². The summed E-state index contributed by atoms with van der Waals surface area (Å²) in [5.41, 5.74) is 2.98. The molecule has 26 heavy (non-hydrogen) atoms. The molecule has 0 aromatic heterocycles. The van der Waals surface area contributed by atoms with Gasteiger partial charge >= 0.3 is 0 Å². The van der Waals surface area contributed by atoms with Crippen molar-refractivity contribution < 1.29 is 14.6 Å². The number of hydrogen-bond acceptors (Lipinski definition) is 4. The summed E-state index contributed by atoms with van der Waals surface area (Å²) >= 11 is 6.06. The number of rotatable bonds is 5. The molecule has 2 unspecified atom stereocenters. The van der Waals surface area contributed by atoms with E-state index in [1.807, 2.05) is 42.5 Å². The van der Waals surface area contributed by atoms with Crippen molar-refractivity contribution in [3.8, 4) is 5.75 Å². The molecule has 0 saturated carbocycles. The van der Waals surface area contributed by atoms with Crippen molar-refractivity contribution in [1.82, 2.24) is 4.90 Å². The molecule has 0 aliphatic carbocycles. The predicted molar refractivity (Wildman–Crippen MR) is 103 cm³/mol. The third kappa shape index (κ3) is 3.94. The number of amides is 1. The Morgan fingerprint density at radius 1 is 1.27 bits per heavy atom. The Morgan fingerprint density at radius 3 is 2.81 bits per heavy atom. The van der Waals surface area contributed by atoms with Gasteiger partial charge in [0, 0.05) is 18.1 Å². The normalized spacial score (nSPS) is 15.8. The van der Waals surface area contributed by atoms with Crippen LogP contribution in [0.3, 0.4) is 0 Å². The van der Waals surface area contributed by atoms with E-state index in [2.05, 4.69) is 5.32 Å². The Kier molecular flexibility index (Phi) is 5.69. The molecule has 0 spiro atoms. The fourth-order valence-corrected chi connectivity index (χ4v) is 3.40. The first-order valence-electron chi connectivity index (χ1n) is 8.63. The molecule has 2 aromatic carbocycles. The van der Waals surface area contributed by atoms with Crippen LogP contribution in [0, 0.1) is 0 Å². The molecule has 0 radical (unpaired) electrons. The van der Waals surface area contributed by atoms with Gasteiger partial charge in [0.1, 0.15) is 5.75 Å². The van der Waals surface area contributed by atoms with Gasteiger partial charge in [-0.3, -0.25) is 4.79 Å². The van der Waals surface area contributed by atoms with Gasteiger partial charge in [-0.25, -0.2) is 0 Å². The summed E-state index contributed by atoms with van der Waals surface area (Å²) in [5.74, 6) is 0.381. The van der Waals surface area contributed by atoms with E-state index in [0.717, 1.165) is 17.7 Å². The van der Waals surface area contributed by atoms with Gasteiger partial charge < -0.3 is 20.1 Å². The highest BCUT2D eigenvalue weighted by Crippen LogP contribution is 2.26. The standard InChI is InChI=1S/C20H23ClN2O3/c1-13(22-17-5-3-4-6-18(17)26-2)19(24)20(25)23-10-9-14-7-8-16(21)11-15(14)12-23/h3-8,11,13,19,22,24H,9-10,12H2,1-2H3. The Morgan fingerprint density at radius 2 is 2.04 bits per heavy atom. The number of anilines is 1. The van der Waals surface area contributed by atoms with Crippen molar-refractivity contribution in [2.24, 2.45) is 0 Å². The number of halogens is 1. The van der Waals surface area contributed by atoms with Crippen LogP contribution in [0.4, 0.5) is 5.69 Å². The van der Waals surface area contributed by atoms with Crippen molar-refractivity contribution in [2.75, 3.05) is 19.0 Å². The highest BCUT2D eigenvalue weighted by molar-refractivity contribution is 6.30. The topological polar surface area (TPSA) is 61.8 Å². The zero-order valence-corrected chi connectivity index (χ0v) is 15.7. The van der Waals surface area contributed by atoms with Crippen LogP contribution >= 0.6 is 11.6 Å². The smallest absolute Gasteiger partial charge is 0.253 e. The van der Waals surface area contributed by atoms with Crippen molar-refractivity contribution in [2.45, 2.75) is 32.0 Å². The molecular formula is C20H23ClN2O3. The molecule has 5 nitrogen and oxygen atoms in total. The maximum absolute atomic E-state index is 12.8. The number of carbonyl (C=O) groups is 1. The first kappa shape index (κ1) is 18.5. The van der Waals surface area contributed by atoms with E-state index in [4.69, 9.17) is 16.3 Å². The molecule has 138 valence electrons. The van der Waals surface area contributed by atoms with Crippen LogP contribution in [-0.2, 0) is 17.8 Å². The number of nitrogens with one attached hydrogen (secondary N) is 1. The van der Waals surface area contributed by atoms with Crippen LogP contribution in [0.1, 0.15) is 18.1 Å². The Labute approximate surface area is 158 Å². The molecule has 2 N–H and O–H groups in total. The van der Waals surface area contributed by atoms with E-state index in [1.54, 1.807) is 18.9 Å². The first-order valence-corrected chi connectivity index (χ1v) is 9.01. The molecule has 0 saturated heterocycles. The number of benzene rings is 2. The zero-order chi connectivity index (χ0) is 18.7. The molecule has 1 aliphatic heterocycles. The SMILES string of the molecule is COc1ccccc1NC(C)C(O)C(=O)N1CCc2ccc(Cl)cc2C1. The molecule has 2 aromatic rings. The minimum atomic E-state index is -1.15. The van der Waals surface area contributed by atoms with Gasteiger partial charge in [0.05, 0.1) is 18.8 Å². The lowest BCUT2D eigenvalue weighted by Gasteiger charge is -2.32. The van der Waals surface area contributed by atoms with Crippen molar-refractivity contribution in [3.63, 3.8) is 0 Å². The van der Waals surface area contributed by atoms with Crippen LogP contribution in [0.2, 0.25) is 5.02 Å². The van der Waals surface area contributed by atoms with E-state index in [1.165, 1.54) is 5.56 Å². The number of aliphatic hydroxyl groups is 1. The largest absolute Gasteiger partial charge is 0.495 e. The number of nitrogens with zero attached hydrogens (tertiary/aromatic N) is 1. The van der Waals surface area contributed by atoms with Crippen LogP contribution < -0.4 is 10.1 Å². The summed E-state index contributed by atoms with van der Waals surface area (Å²) in [6, 6.07) is 12.7. The van der Waals surface area contributed by atoms with Gasteiger partial charge in [0.2, 0.25) is 0 Å². The fourth-order valence-electron chi connectivity index (χ4n) is 3.20. The molecule has 0 fully saturated rings. The number of methoxy groups -OCH3 is 1. The second-order valence-electron chi connectivity index (χ2n) is 6.50. The quantitative estimate of drug-likeness (QED) is 0.844. The maximum Gasteiger partial charge on any atom is 0.253 e. The lowest BCUT2D eigenvalue weighted by atomic mass is 9.99. The van der Waals surface area contributed by atoms with Crippen molar-refractivity contribution >= 4 is 23.2 Å². The third-order valence-corrected chi connectivity index (χ3v) is 4.94. The highest BCUT2D eigenvalue weighted by atomic mass is 35.5. The average Bonchev–Trinajstić information content (AvgIpc) is 2.66. The molecule has 3 rings (SSSR count). The number of fused-ring (bicyclic) bond motifs is 1. The monoisotopic (exact) mass is 374 g/mol. The van der Waals surface area contributed by atoms with Crippen LogP contribution in [0.5, 0.6) is 5.75 Å². The van der Waals surface area contributed by atoms with E-state index in [-0.39, 0.29) is 5.91 Å². The van der Waals surface area contributed by atoms with E-state index in [9.17, 15) is 9.90 Å². The van der Waals surface area contributed by atoms with Gasteiger partial charge in [-0.15, -0.1) is 0 Å². The van der Waals surface area contributed by atoms with E-state index >= 15 is 0 Å². The van der Waals surface area contributed by atoms with Gasteiger partial charge in [0.15, 0.2) is 6.10 Å². The predicted octanol–water partition coefficient (Wildman–Crippen LogP) is 3.09. The van der Waals surface area contributed by atoms with Crippen molar-refractivity contribution in [1.29, 1.82) is 0 Å². The number of carbonyl (C=O) groups excluding carboxylic acids is 1. The summed E-state index contributed by atoms with van der Waals surface area (Å²) in [4.78, 5) is 14.4.